The highest BCUT2D eigenvalue weighted by Crippen LogP contribution is 2.41. The van der Waals surface area contributed by atoms with E-state index in [1.165, 1.54) is 0 Å². The molecule has 6 aromatic carbocycles. The number of nitriles is 1. The van der Waals surface area contributed by atoms with E-state index in [1.807, 2.05) is 36.4 Å². The summed E-state index contributed by atoms with van der Waals surface area (Å²) in [6.07, 6.45) is 0. The second-order valence-corrected chi connectivity index (χ2v) is 9.95. The van der Waals surface area contributed by atoms with Crippen LogP contribution in [0.5, 0.6) is 0 Å². The van der Waals surface area contributed by atoms with Crippen molar-refractivity contribution in [3.05, 3.63) is 132 Å². The molecule has 0 radical (unpaired) electrons. The van der Waals surface area contributed by atoms with Crippen molar-refractivity contribution < 1.29 is 4.42 Å². The number of nitrogens with zero attached hydrogens (tertiary/aromatic N) is 3. The number of hydrogen-bond acceptors (Lipinski definition) is 2. The first-order chi connectivity index (χ1) is 19.7. The van der Waals surface area contributed by atoms with Crippen molar-refractivity contribution in [1.82, 2.24) is 4.57 Å². The predicted octanol–water partition coefficient (Wildman–Crippen LogP) is 9.93. The van der Waals surface area contributed by atoms with Gasteiger partial charge in [0, 0.05) is 21.5 Å². The van der Waals surface area contributed by atoms with Gasteiger partial charge < -0.3 is 8.98 Å². The number of benzene rings is 6. The van der Waals surface area contributed by atoms with Crippen LogP contribution in [0.4, 0.5) is 5.69 Å². The average molecular weight is 510 g/mol. The molecular formula is C36H19N3O. The first-order valence-electron chi connectivity index (χ1n) is 13.0. The molecule has 0 N–H and O–H groups in total. The Kier molecular flexibility index (Phi) is 4.62. The minimum absolute atomic E-state index is 0.353. The molecule has 0 aliphatic heterocycles. The summed E-state index contributed by atoms with van der Waals surface area (Å²) < 4.78 is 8.30. The van der Waals surface area contributed by atoms with Gasteiger partial charge in [0.05, 0.1) is 34.9 Å². The monoisotopic (exact) mass is 509 g/mol. The molecule has 8 aromatic rings. The standard InChI is InChI=1S/C36H19N3O/c1-38-30-10-6-11-31(29(30)21-37)39-32-17-15-23(19-28(32)36-25-8-3-2-7-22(25)14-18-33(36)39)24-13-16-27-26-9-4-5-12-34(26)40-35(27)20-24/h2-20H. The van der Waals surface area contributed by atoms with Crippen LogP contribution < -0.4 is 0 Å². The molecule has 0 spiro atoms. The van der Waals surface area contributed by atoms with E-state index in [0.717, 1.165) is 65.6 Å². The van der Waals surface area contributed by atoms with Gasteiger partial charge in [-0.3, -0.25) is 0 Å². The van der Waals surface area contributed by atoms with Crippen molar-refractivity contribution in [3.8, 4) is 22.9 Å². The van der Waals surface area contributed by atoms with Gasteiger partial charge in [-0.25, -0.2) is 4.85 Å². The van der Waals surface area contributed by atoms with Crippen molar-refractivity contribution in [2.75, 3.05) is 0 Å². The summed E-state index contributed by atoms with van der Waals surface area (Å²) in [7, 11) is 0. The fourth-order valence-corrected chi connectivity index (χ4v) is 6.06. The fourth-order valence-electron chi connectivity index (χ4n) is 6.06. The topological polar surface area (TPSA) is 46.2 Å². The largest absolute Gasteiger partial charge is 0.456 e. The van der Waals surface area contributed by atoms with Crippen molar-refractivity contribution in [2.45, 2.75) is 0 Å². The summed E-state index contributed by atoms with van der Waals surface area (Å²) in [5.74, 6) is 0. The van der Waals surface area contributed by atoms with Crippen molar-refractivity contribution in [3.63, 3.8) is 0 Å². The number of hydrogen-bond donors (Lipinski definition) is 0. The lowest BCUT2D eigenvalue weighted by atomic mass is 9.99. The smallest absolute Gasteiger partial charge is 0.206 e. The highest BCUT2D eigenvalue weighted by Gasteiger charge is 2.19. The van der Waals surface area contributed by atoms with Gasteiger partial charge in [0.1, 0.15) is 11.2 Å². The van der Waals surface area contributed by atoms with Crippen LogP contribution in [0.25, 0.3) is 76.2 Å². The summed E-state index contributed by atoms with van der Waals surface area (Å²) in [6.45, 7) is 7.62. The van der Waals surface area contributed by atoms with E-state index in [0.29, 0.717) is 16.9 Å². The Morgan fingerprint density at radius 2 is 1.40 bits per heavy atom. The Labute approximate surface area is 229 Å². The molecule has 2 heterocycles. The van der Waals surface area contributed by atoms with E-state index < -0.39 is 0 Å². The van der Waals surface area contributed by atoms with Crippen LogP contribution in [-0.2, 0) is 0 Å². The van der Waals surface area contributed by atoms with Gasteiger partial charge in [-0.05, 0) is 64.4 Å². The molecule has 0 saturated heterocycles. The van der Waals surface area contributed by atoms with Gasteiger partial charge in [0.15, 0.2) is 0 Å². The lowest BCUT2D eigenvalue weighted by Gasteiger charge is -2.11. The fraction of sp³-hybridized carbons (Fsp3) is 0. The molecule has 8 rings (SSSR count). The minimum atomic E-state index is 0.353. The van der Waals surface area contributed by atoms with E-state index in [4.69, 9.17) is 11.0 Å². The van der Waals surface area contributed by atoms with Crippen LogP contribution in [-0.4, -0.2) is 4.57 Å². The molecule has 184 valence electrons. The summed E-state index contributed by atoms with van der Waals surface area (Å²) in [5.41, 5.74) is 7.32. The third kappa shape index (κ3) is 3.05. The van der Waals surface area contributed by atoms with Crippen LogP contribution >= 0.6 is 0 Å². The molecule has 0 saturated carbocycles. The Morgan fingerprint density at radius 3 is 2.27 bits per heavy atom. The summed E-state index contributed by atoms with van der Waals surface area (Å²) in [6, 6.07) is 41.3. The SMILES string of the molecule is [C-]#[N+]c1cccc(-n2c3ccc(-c4ccc5c(c4)oc4ccccc45)cc3c3c4ccccc4ccc32)c1C#N. The first-order valence-corrected chi connectivity index (χ1v) is 13.0. The molecular weight excluding hydrogens is 490 g/mol. The maximum atomic E-state index is 10.1. The molecule has 0 bridgehead atoms. The molecule has 40 heavy (non-hydrogen) atoms. The van der Waals surface area contributed by atoms with Crippen LogP contribution in [0.1, 0.15) is 5.56 Å². The number of para-hydroxylation sites is 1. The molecule has 4 heteroatoms. The quantitative estimate of drug-likeness (QED) is 0.218. The highest BCUT2D eigenvalue weighted by atomic mass is 16.3. The molecule has 2 aromatic heterocycles. The number of aromatic nitrogens is 1. The Balaban J connectivity index is 1.45. The Bertz CT molecular complexity index is 2410. The minimum Gasteiger partial charge on any atom is -0.456 e. The van der Waals surface area contributed by atoms with Crippen molar-refractivity contribution >= 4 is 60.2 Å². The number of rotatable bonds is 2. The van der Waals surface area contributed by atoms with Crippen molar-refractivity contribution in [1.29, 1.82) is 5.26 Å². The summed E-state index contributed by atoms with van der Waals surface area (Å²) in [4.78, 5) is 3.62. The van der Waals surface area contributed by atoms with E-state index >= 15 is 0 Å². The van der Waals surface area contributed by atoms with Gasteiger partial charge >= 0.3 is 0 Å². The van der Waals surface area contributed by atoms with Gasteiger partial charge in [-0.15, -0.1) is 0 Å². The highest BCUT2D eigenvalue weighted by molar-refractivity contribution is 6.22. The first kappa shape index (κ1) is 22.2. The van der Waals surface area contributed by atoms with Gasteiger partial charge in [0.2, 0.25) is 5.69 Å². The van der Waals surface area contributed by atoms with Crippen LogP contribution in [0.2, 0.25) is 0 Å². The molecule has 0 atom stereocenters. The maximum absolute atomic E-state index is 10.1. The maximum Gasteiger partial charge on any atom is 0.206 e. The van der Waals surface area contributed by atoms with Crippen LogP contribution in [0.3, 0.4) is 0 Å². The molecule has 0 aliphatic rings. The third-order valence-corrected chi connectivity index (χ3v) is 7.86. The van der Waals surface area contributed by atoms with E-state index in [-0.39, 0.29) is 0 Å². The van der Waals surface area contributed by atoms with Gasteiger partial charge in [-0.1, -0.05) is 72.8 Å². The molecule has 4 nitrogen and oxygen atoms in total. The zero-order valence-electron chi connectivity index (χ0n) is 21.2. The molecule has 0 unspecified atom stereocenters. The lowest BCUT2D eigenvalue weighted by molar-refractivity contribution is 0.669. The zero-order chi connectivity index (χ0) is 26.8. The second-order valence-electron chi connectivity index (χ2n) is 9.95. The van der Waals surface area contributed by atoms with Crippen LogP contribution in [0, 0.1) is 17.9 Å². The third-order valence-electron chi connectivity index (χ3n) is 7.86. The second kappa shape index (κ2) is 8.33. The van der Waals surface area contributed by atoms with Crippen LogP contribution in [0.15, 0.2) is 120 Å². The number of furan rings is 1. The van der Waals surface area contributed by atoms with Crippen molar-refractivity contribution in [2.24, 2.45) is 0 Å². The van der Waals surface area contributed by atoms with E-state index in [2.05, 4.69) is 88.3 Å². The summed E-state index contributed by atoms with van der Waals surface area (Å²) in [5, 5.41) is 16.8. The van der Waals surface area contributed by atoms with E-state index in [9.17, 15) is 5.26 Å². The Morgan fingerprint density at radius 1 is 0.650 bits per heavy atom. The molecule has 0 fully saturated rings. The summed E-state index contributed by atoms with van der Waals surface area (Å²) >= 11 is 0. The number of fused-ring (bicyclic) bond motifs is 8. The molecule has 0 amide bonds. The van der Waals surface area contributed by atoms with Gasteiger partial charge in [-0.2, -0.15) is 5.26 Å². The average Bonchev–Trinajstić information content (AvgIpc) is 3.55. The van der Waals surface area contributed by atoms with Gasteiger partial charge in [0.25, 0.3) is 0 Å². The Hall–Kier alpha value is -5.84. The molecule has 0 aliphatic carbocycles. The predicted molar refractivity (Wildman–Crippen MR) is 162 cm³/mol. The normalized spacial score (nSPS) is 11.4. The van der Waals surface area contributed by atoms with E-state index in [1.54, 1.807) is 6.07 Å². The lowest BCUT2D eigenvalue weighted by Crippen LogP contribution is -1.97. The zero-order valence-corrected chi connectivity index (χ0v) is 21.2.